The molecule has 0 aromatic carbocycles. The number of hydrogen-bond acceptors (Lipinski definition) is 6. The van der Waals surface area contributed by atoms with Crippen molar-refractivity contribution in [2.24, 2.45) is 0 Å². The molecule has 0 amide bonds. The molecule has 0 unspecified atom stereocenters. The molecule has 4 rings (SSSR count). The average Bonchev–Trinajstić information content (AvgIpc) is 3.16. The van der Waals surface area contributed by atoms with E-state index in [9.17, 15) is 0 Å². The van der Waals surface area contributed by atoms with Crippen LogP contribution in [0.4, 0.5) is 5.82 Å². The number of thiophene rings is 1. The molecule has 0 saturated heterocycles. The van der Waals surface area contributed by atoms with Crippen LogP contribution in [0.25, 0.3) is 33.1 Å². The second-order valence-corrected chi connectivity index (χ2v) is 5.84. The van der Waals surface area contributed by atoms with Gasteiger partial charge in [-0.25, -0.2) is 19.9 Å². The van der Waals surface area contributed by atoms with Gasteiger partial charge in [0.25, 0.3) is 0 Å². The number of rotatable bonds is 2. The van der Waals surface area contributed by atoms with Crippen LogP contribution in [0.5, 0.6) is 0 Å². The molecule has 0 aliphatic rings. The van der Waals surface area contributed by atoms with Crippen molar-refractivity contribution in [2.45, 2.75) is 6.92 Å². The van der Waals surface area contributed by atoms with Crippen LogP contribution in [0.15, 0.2) is 36.0 Å². The quantitative estimate of drug-likeness (QED) is 0.593. The summed E-state index contributed by atoms with van der Waals surface area (Å²) in [7, 11) is 0. The van der Waals surface area contributed by atoms with Gasteiger partial charge in [-0.15, -0.1) is 11.3 Å². The van der Waals surface area contributed by atoms with E-state index in [-0.39, 0.29) is 0 Å². The van der Waals surface area contributed by atoms with Crippen molar-refractivity contribution in [3.8, 4) is 22.0 Å². The molecule has 0 saturated carbocycles. The first-order valence-corrected chi connectivity index (χ1v) is 7.58. The zero-order valence-electron chi connectivity index (χ0n) is 11.7. The summed E-state index contributed by atoms with van der Waals surface area (Å²) in [6, 6.07) is 5.77. The van der Waals surface area contributed by atoms with Gasteiger partial charge >= 0.3 is 0 Å². The van der Waals surface area contributed by atoms with E-state index >= 15 is 0 Å². The van der Waals surface area contributed by atoms with Gasteiger partial charge in [-0.3, -0.25) is 0 Å². The van der Waals surface area contributed by atoms with E-state index in [1.807, 2.05) is 30.6 Å². The molecule has 0 aliphatic carbocycles. The van der Waals surface area contributed by atoms with Crippen molar-refractivity contribution < 1.29 is 0 Å². The Morgan fingerprint density at radius 1 is 1.23 bits per heavy atom. The van der Waals surface area contributed by atoms with Crippen molar-refractivity contribution >= 4 is 28.3 Å². The van der Waals surface area contributed by atoms with Crippen LogP contribution >= 0.6 is 11.3 Å². The van der Waals surface area contributed by atoms with E-state index in [1.54, 1.807) is 23.6 Å². The van der Waals surface area contributed by atoms with Gasteiger partial charge in [0.1, 0.15) is 11.3 Å². The van der Waals surface area contributed by atoms with Crippen molar-refractivity contribution in [3.05, 3.63) is 41.7 Å². The van der Waals surface area contributed by atoms with E-state index in [4.69, 9.17) is 5.73 Å². The number of aromatic nitrogens is 5. The van der Waals surface area contributed by atoms with Gasteiger partial charge in [0.2, 0.25) is 0 Å². The molecule has 4 heterocycles. The molecule has 3 N–H and O–H groups in total. The predicted octanol–water partition coefficient (Wildman–Crippen LogP) is 3.03. The van der Waals surface area contributed by atoms with Crippen LogP contribution in [0.3, 0.4) is 0 Å². The van der Waals surface area contributed by atoms with Gasteiger partial charge in [0, 0.05) is 12.3 Å². The molecule has 0 spiro atoms. The summed E-state index contributed by atoms with van der Waals surface area (Å²) in [5, 5.41) is 2.01. The zero-order valence-corrected chi connectivity index (χ0v) is 12.6. The van der Waals surface area contributed by atoms with Crippen molar-refractivity contribution in [1.29, 1.82) is 0 Å². The minimum atomic E-state index is 0.434. The van der Waals surface area contributed by atoms with Crippen LogP contribution in [0, 0.1) is 6.92 Å². The third kappa shape index (κ3) is 2.11. The zero-order chi connectivity index (χ0) is 15.1. The lowest BCUT2D eigenvalue weighted by atomic mass is 10.2. The van der Waals surface area contributed by atoms with E-state index < -0.39 is 0 Å². The molecule has 0 atom stereocenters. The predicted molar refractivity (Wildman–Crippen MR) is 87.4 cm³/mol. The standard InChI is InChI=1S/C15H12N6S/c1-8-6-17-15-13(19-8)9(7-18-15)14-20-10(5-12(16)21-14)11-3-2-4-22-11/h2-7H,1H3,(H,17,18)(H2,16,20,21). The minimum Gasteiger partial charge on any atom is -0.384 e. The highest BCUT2D eigenvalue weighted by molar-refractivity contribution is 7.13. The molecule has 0 radical (unpaired) electrons. The van der Waals surface area contributed by atoms with Crippen LogP contribution in [-0.4, -0.2) is 24.9 Å². The molecule has 0 aliphatic heterocycles. The van der Waals surface area contributed by atoms with E-state index in [0.717, 1.165) is 27.3 Å². The first kappa shape index (κ1) is 12.9. The smallest absolute Gasteiger partial charge is 0.165 e. The Hall–Kier alpha value is -2.80. The molecule has 108 valence electrons. The molecule has 7 heteroatoms. The molecule has 0 bridgehead atoms. The van der Waals surface area contributed by atoms with Gasteiger partial charge in [0.05, 0.1) is 28.0 Å². The molecular weight excluding hydrogens is 296 g/mol. The Kier molecular flexibility index (Phi) is 2.87. The highest BCUT2D eigenvalue weighted by atomic mass is 32.1. The lowest BCUT2D eigenvalue weighted by Crippen LogP contribution is -1.97. The van der Waals surface area contributed by atoms with Gasteiger partial charge in [-0.05, 0) is 18.4 Å². The second-order valence-electron chi connectivity index (χ2n) is 4.89. The second kappa shape index (κ2) is 4.88. The molecule has 4 aromatic rings. The van der Waals surface area contributed by atoms with Crippen LogP contribution < -0.4 is 5.73 Å². The fourth-order valence-corrected chi connectivity index (χ4v) is 2.97. The van der Waals surface area contributed by atoms with E-state index in [2.05, 4.69) is 24.9 Å². The molecule has 6 nitrogen and oxygen atoms in total. The lowest BCUT2D eigenvalue weighted by molar-refractivity contribution is 1.17. The Morgan fingerprint density at radius 3 is 2.95 bits per heavy atom. The number of nitrogens with zero attached hydrogens (tertiary/aromatic N) is 4. The summed E-state index contributed by atoms with van der Waals surface area (Å²) in [6.07, 6.45) is 3.54. The highest BCUT2D eigenvalue weighted by Gasteiger charge is 2.14. The largest absolute Gasteiger partial charge is 0.384 e. The molecule has 22 heavy (non-hydrogen) atoms. The Labute approximate surface area is 130 Å². The summed E-state index contributed by atoms with van der Waals surface area (Å²) in [5.74, 6) is 0.984. The summed E-state index contributed by atoms with van der Waals surface area (Å²) < 4.78 is 0. The van der Waals surface area contributed by atoms with Crippen molar-refractivity contribution in [2.75, 3.05) is 5.73 Å². The van der Waals surface area contributed by atoms with Crippen molar-refractivity contribution in [1.82, 2.24) is 24.9 Å². The number of nitrogens with two attached hydrogens (primary N) is 1. The SMILES string of the molecule is Cc1cnc2[nH]cc(-c3nc(N)cc(-c4cccs4)n3)c2n1. The number of anilines is 1. The number of hydrogen-bond donors (Lipinski definition) is 2. The maximum atomic E-state index is 5.95. The van der Waals surface area contributed by atoms with Crippen LogP contribution in [0.2, 0.25) is 0 Å². The number of nitrogens with one attached hydrogen (secondary N) is 1. The molecular formula is C15H12N6S. The number of nitrogen functional groups attached to an aromatic ring is 1. The fraction of sp³-hybridized carbons (Fsp3) is 0.0667. The molecule has 4 aromatic heterocycles. The number of aromatic amines is 1. The number of aryl methyl sites for hydroxylation is 1. The van der Waals surface area contributed by atoms with Crippen LogP contribution in [-0.2, 0) is 0 Å². The lowest BCUT2D eigenvalue weighted by Gasteiger charge is -2.03. The first-order chi connectivity index (χ1) is 10.7. The third-order valence-electron chi connectivity index (χ3n) is 3.26. The first-order valence-electron chi connectivity index (χ1n) is 6.70. The normalized spacial score (nSPS) is 11.1. The maximum absolute atomic E-state index is 5.95. The van der Waals surface area contributed by atoms with Crippen molar-refractivity contribution in [3.63, 3.8) is 0 Å². The van der Waals surface area contributed by atoms with Gasteiger partial charge in [-0.1, -0.05) is 6.07 Å². The average molecular weight is 308 g/mol. The maximum Gasteiger partial charge on any atom is 0.165 e. The van der Waals surface area contributed by atoms with Crippen LogP contribution in [0.1, 0.15) is 5.69 Å². The van der Waals surface area contributed by atoms with Gasteiger partial charge < -0.3 is 10.7 Å². The summed E-state index contributed by atoms with van der Waals surface area (Å²) >= 11 is 1.62. The van der Waals surface area contributed by atoms with E-state index in [1.165, 1.54) is 0 Å². The Bertz CT molecular complexity index is 958. The number of H-pyrrole nitrogens is 1. The topological polar surface area (TPSA) is 93.4 Å². The van der Waals surface area contributed by atoms with Gasteiger partial charge in [-0.2, -0.15) is 0 Å². The number of fused-ring (bicyclic) bond motifs is 1. The third-order valence-corrected chi connectivity index (χ3v) is 4.15. The fourth-order valence-electron chi connectivity index (χ4n) is 2.29. The summed E-state index contributed by atoms with van der Waals surface area (Å²) in [4.78, 5) is 22.0. The minimum absolute atomic E-state index is 0.434. The Morgan fingerprint density at radius 2 is 2.14 bits per heavy atom. The molecule has 0 fully saturated rings. The summed E-state index contributed by atoms with van der Waals surface area (Å²) in [5.41, 5.74) is 9.88. The Balaban J connectivity index is 1.93. The van der Waals surface area contributed by atoms with E-state index in [0.29, 0.717) is 17.3 Å². The highest BCUT2D eigenvalue weighted by Crippen LogP contribution is 2.29. The van der Waals surface area contributed by atoms with Gasteiger partial charge in [0.15, 0.2) is 11.5 Å². The summed E-state index contributed by atoms with van der Waals surface area (Å²) in [6.45, 7) is 1.90. The monoisotopic (exact) mass is 308 g/mol.